The molecule has 2 aliphatic rings. The quantitative estimate of drug-likeness (QED) is 0.621. The minimum atomic E-state index is -4.56. The summed E-state index contributed by atoms with van der Waals surface area (Å²) in [5, 5.41) is 3.41. The van der Waals surface area contributed by atoms with Crippen LogP contribution in [0.25, 0.3) is 16.7 Å². The predicted octanol–water partition coefficient (Wildman–Crippen LogP) is 4.89. The lowest BCUT2D eigenvalue weighted by molar-refractivity contribution is -0.169. The highest BCUT2D eigenvalue weighted by Crippen LogP contribution is 2.34. The van der Waals surface area contributed by atoms with E-state index in [9.17, 15) is 18.0 Å². The Morgan fingerprint density at radius 1 is 1.25 bits per heavy atom. The van der Waals surface area contributed by atoms with Gasteiger partial charge in [-0.05, 0) is 67.6 Å². The standard InChI is InChI=1S/C23H22F3N3O3/c1-13-8-16(10-15-11-19(30)28-21(13)15)29-17(12-32-20-4-2-3-7-31-20)9-14-5-6-18(23(24,25)26)27-22(14)29/h5-6,8-10,20H,2-4,7,11-12H2,1H3,(H,28,30). The zero-order valence-electron chi connectivity index (χ0n) is 17.5. The van der Waals surface area contributed by atoms with Crippen molar-refractivity contribution < 1.29 is 27.4 Å². The van der Waals surface area contributed by atoms with E-state index in [-0.39, 0.29) is 30.9 Å². The lowest BCUT2D eigenvalue weighted by Gasteiger charge is -2.23. The molecule has 32 heavy (non-hydrogen) atoms. The minimum absolute atomic E-state index is 0.104. The molecule has 9 heteroatoms. The Hall–Kier alpha value is -2.91. The maximum atomic E-state index is 13.4. The molecule has 1 aromatic carbocycles. The normalized spacial score (nSPS) is 18.8. The molecule has 3 aromatic rings. The Morgan fingerprint density at radius 2 is 2.09 bits per heavy atom. The van der Waals surface area contributed by atoms with E-state index in [1.165, 1.54) is 6.07 Å². The highest BCUT2D eigenvalue weighted by molar-refractivity contribution is 6.00. The van der Waals surface area contributed by atoms with Crippen LogP contribution in [0.5, 0.6) is 0 Å². The lowest BCUT2D eigenvalue weighted by Crippen LogP contribution is -2.22. The van der Waals surface area contributed by atoms with Gasteiger partial charge in [0.1, 0.15) is 11.3 Å². The van der Waals surface area contributed by atoms with Crippen LogP contribution in [0, 0.1) is 6.92 Å². The van der Waals surface area contributed by atoms with E-state index in [1.54, 1.807) is 10.6 Å². The predicted molar refractivity (Wildman–Crippen MR) is 112 cm³/mol. The molecule has 1 saturated heterocycles. The van der Waals surface area contributed by atoms with Crippen molar-refractivity contribution in [1.29, 1.82) is 0 Å². The molecule has 4 heterocycles. The van der Waals surface area contributed by atoms with Gasteiger partial charge in [-0.2, -0.15) is 13.2 Å². The average molecular weight is 445 g/mol. The number of halogens is 3. The van der Waals surface area contributed by atoms with Crippen molar-refractivity contribution in [3.8, 4) is 5.69 Å². The molecule has 0 saturated carbocycles. The number of aromatic nitrogens is 2. The number of anilines is 1. The van der Waals surface area contributed by atoms with Gasteiger partial charge in [0, 0.05) is 23.4 Å². The van der Waals surface area contributed by atoms with Gasteiger partial charge in [-0.25, -0.2) is 4.98 Å². The molecule has 1 amide bonds. The molecule has 2 aromatic heterocycles. The number of rotatable bonds is 4. The van der Waals surface area contributed by atoms with Crippen LogP contribution in [0.15, 0.2) is 30.3 Å². The minimum Gasteiger partial charge on any atom is -0.353 e. The van der Waals surface area contributed by atoms with Gasteiger partial charge in [-0.1, -0.05) is 0 Å². The molecule has 1 unspecified atom stereocenters. The summed E-state index contributed by atoms with van der Waals surface area (Å²) in [6.45, 7) is 2.66. The van der Waals surface area contributed by atoms with Crippen LogP contribution in [-0.2, 0) is 33.5 Å². The van der Waals surface area contributed by atoms with Crippen LogP contribution >= 0.6 is 0 Å². The summed E-state index contributed by atoms with van der Waals surface area (Å²) >= 11 is 0. The molecule has 0 bridgehead atoms. The molecule has 5 rings (SSSR count). The first-order valence-electron chi connectivity index (χ1n) is 10.5. The van der Waals surface area contributed by atoms with E-state index in [0.29, 0.717) is 23.4 Å². The second-order valence-electron chi connectivity index (χ2n) is 8.21. The summed E-state index contributed by atoms with van der Waals surface area (Å²) in [6, 6.07) is 7.86. The molecule has 1 fully saturated rings. The van der Waals surface area contributed by atoms with Crippen LogP contribution in [-0.4, -0.2) is 28.4 Å². The third kappa shape index (κ3) is 3.86. The number of carbonyl (C=O) groups is 1. The zero-order chi connectivity index (χ0) is 22.5. The Kier molecular flexibility index (Phi) is 5.17. The smallest absolute Gasteiger partial charge is 0.353 e. The average Bonchev–Trinajstić information content (AvgIpc) is 3.31. The molecular formula is C23H22F3N3O3. The number of ether oxygens (including phenoxy) is 2. The van der Waals surface area contributed by atoms with Crippen molar-refractivity contribution in [2.24, 2.45) is 0 Å². The van der Waals surface area contributed by atoms with Crippen molar-refractivity contribution in [2.45, 2.75) is 51.7 Å². The van der Waals surface area contributed by atoms with Gasteiger partial charge in [-0.3, -0.25) is 9.36 Å². The van der Waals surface area contributed by atoms with Gasteiger partial charge in [0.2, 0.25) is 5.91 Å². The molecule has 0 spiro atoms. The van der Waals surface area contributed by atoms with Crippen LogP contribution < -0.4 is 5.32 Å². The molecule has 6 nitrogen and oxygen atoms in total. The number of alkyl halides is 3. The van der Waals surface area contributed by atoms with E-state index in [4.69, 9.17) is 9.47 Å². The number of hydrogen-bond acceptors (Lipinski definition) is 4. The number of nitrogens with zero attached hydrogens (tertiary/aromatic N) is 2. The van der Waals surface area contributed by atoms with Crippen molar-refractivity contribution >= 4 is 22.6 Å². The summed E-state index contributed by atoms with van der Waals surface area (Å²) < 4.78 is 53.4. The Balaban J connectivity index is 1.61. The Labute approximate surface area is 182 Å². The second kappa shape index (κ2) is 7.90. The van der Waals surface area contributed by atoms with Crippen molar-refractivity contribution in [3.63, 3.8) is 0 Å². The summed E-state index contributed by atoms with van der Waals surface area (Å²) in [5.74, 6) is -0.104. The fraction of sp³-hybridized carbons (Fsp3) is 0.391. The molecule has 168 valence electrons. The largest absolute Gasteiger partial charge is 0.433 e. The van der Waals surface area contributed by atoms with Crippen LogP contribution in [0.4, 0.5) is 18.9 Å². The summed E-state index contributed by atoms with van der Waals surface area (Å²) in [6.07, 6.45) is -1.88. The highest BCUT2D eigenvalue weighted by atomic mass is 19.4. The Bertz CT molecular complexity index is 1200. The first-order chi connectivity index (χ1) is 15.3. The van der Waals surface area contributed by atoms with Gasteiger partial charge in [-0.15, -0.1) is 0 Å². The molecule has 1 atom stereocenters. The SMILES string of the molecule is Cc1cc(-n2c(COC3CCCCO3)cc3ccc(C(F)(F)F)nc32)cc2c1NC(=O)C2. The van der Waals surface area contributed by atoms with Crippen LogP contribution in [0.3, 0.4) is 0 Å². The fourth-order valence-electron chi connectivity index (χ4n) is 4.35. The van der Waals surface area contributed by atoms with Gasteiger partial charge >= 0.3 is 6.18 Å². The maximum Gasteiger partial charge on any atom is 0.433 e. The van der Waals surface area contributed by atoms with Gasteiger partial charge in [0.05, 0.1) is 18.7 Å². The molecule has 1 N–H and O–H groups in total. The van der Waals surface area contributed by atoms with E-state index in [2.05, 4.69) is 10.3 Å². The number of carbonyl (C=O) groups excluding carboxylic acids is 1. The van der Waals surface area contributed by atoms with Gasteiger partial charge in [0.25, 0.3) is 0 Å². The number of fused-ring (bicyclic) bond motifs is 2. The lowest BCUT2D eigenvalue weighted by atomic mass is 10.1. The second-order valence-corrected chi connectivity index (χ2v) is 8.21. The zero-order valence-corrected chi connectivity index (χ0v) is 17.5. The number of aryl methyl sites for hydroxylation is 1. The summed E-state index contributed by atoms with van der Waals surface area (Å²) in [4.78, 5) is 15.8. The number of benzene rings is 1. The molecule has 0 radical (unpaired) electrons. The highest BCUT2D eigenvalue weighted by Gasteiger charge is 2.33. The fourth-order valence-corrected chi connectivity index (χ4v) is 4.35. The maximum absolute atomic E-state index is 13.4. The van der Waals surface area contributed by atoms with Crippen molar-refractivity contribution in [1.82, 2.24) is 9.55 Å². The van der Waals surface area contributed by atoms with Crippen LogP contribution in [0.2, 0.25) is 0 Å². The third-order valence-electron chi connectivity index (χ3n) is 5.85. The van der Waals surface area contributed by atoms with Gasteiger partial charge < -0.3 is 14.8 Å². The number of hydrogen-bond donors (Lipinski definition) is 1. The number of nitrogens with one attached hydrogen (secondary N) is 1. The number of amides is 1. The first-order valence-corrected chi connectivity index (χ1v) is 10.5. The van der Waals surface area contributed by atoms with Gasteiger partial charge in [0.15, 0.2) is 6.29 Å². The summed E-state index contributed by atoms with van der Waals surface area (Å²) in [5.41, 5.74) is 2.94. The topological polar surface area (TPSA) is 65.4 Å². The van der Waals surface area contributed by atoms with E-state index in [0.717, 1.165) is 42.1 Å². The van der Waals surface area contributed by atoms with E-state index < -0.39 is 11.9 Å². The molecular weight excluding hydrogens is 423 g/mol. The monoisotopic (exact) mass is 445 g/mol. The Morgan fingerprint density at radius 3 is 2.84 bits per heavy atom. The van der Waals surface area contributed by atoms with Crippen molar-refractivity contribution in [2.75, 3.05) is 11.9 Å². The van der Waals surface area contributed by atoms with Crippen LogP contribution in [0.1, 0.15) is 41.8 Å². The molecule has 0 aliphatic carbocycles. The molecule has 2 aliphatic heterocycles. The van der Waals surface area contributed by atoms with E-state index >= 15 is 0 Å². The summed E-state index contributed by atoms with van der Waals surface area (Å²) in [7, 11) is 0. The first kappa shape index (κ1) is 21.0. The third-order valence-corrected chi connectivity index (χ3v) is 5.85. The van der Waals surface area contributed by atoms with E-state index in [1.807, 2.05) is 19.1 Å². The van der Waals surface area contributed by atoms with Crippen molar-refractivity contribution in [3.05, 3.63) is 52.8 Å². The number of pyridine rings is 1.